The SMILES string of the molecule is Cl.Cl.NC[C@@H]1CN(CC2CCNCC2)C[C@H]1c1ccccc1. The third-order valence-electron chi connectivity index (χ3n) is 5.02. The predicted molar refractivity (Wildman–Crippen MR) is 98.3 cm³/mol. The van der Waals surface area contributed by atoms with Crippen LogP contribution in [-0.2, 0) is 0 Å². The topological polar surface area (TPSA) is 41.3 Å². The van der Waals surface area contributed by atoms with Crippen molar-refractivity contribution >= 4 is 24.8 Å². The molecule has 3 rings (SSSR count). The molecule has 2 heterocycles. The molecule has 1 aromatic rings. The smallest absolute Gasteiger partial charge is 0.00541 e. The number of halogens is 2. The van der Waals surface area contributed by atoms with E-state index in [9.17, 15) is 0 Å². The lowest BCUT2D eigenvalue weighted by molar-refractivity contribution is 0.234. The summed E-state index contributed by atoms with van der Waals surface area (Å²) in [6.07, 6.45) is 2.67. The minimum Gasteiger partial charge on any atom is -0.330 e. The van der Waals surface area contributed by atoms with Gasteiger partial charge in [-0.1, -0.05) is 30.3 Å². The molecule has 0 unspecified atom stereocenters. The summed E-state index contributed by atoms with van der Waals surface area (Å²) in [6, 6.07) is 10.9. The van der Waals surface area contributed by atoms with Gasteiger partial charge in [-0.05, 0) is 49.9 Å². The molecular weight excluding hydrogens is 317 g/mol. The maximum atomic E-state index is 6.02. The van der Waals surface area contributed by atoms with Crippen molar-refractivity contribution in [3.63, 3.8) is 0 Å². The first kappa shape index (κ1) is 19.7. The Morgan fingerprint density at radius 2 is 1.73 bits per heavy atom. The molecule has 3 nitrogen and oxygen atoms in total. The highest BCUT2D eigenvalue weighted by atomic mass is 35.5. The number of nitrogens with one attached hydrogen (secondary N) is 1. The zero-order valence-corrected chi connectivity index (χ0v) is 14.7. The number of hydrogen-bond acceptors (Lipinski definition) is 3. The summed E-state index contributed by atoms with van der Waals surface area (Å²) in [5.41, 5.74) is 7.49. The lowest BCUT2D eigenvalue weighted by Gasteiger charge is -2.27. The van der Waals surface area contributed by atoms with Gasteiger partial charge in [-0.15, -0.1) is 24.8 Å². The Morgan fingerprint density at radius 1 is 1.05 bits per heavy atom. The molecule has 0 aromatic heterocycles. The molecule has 0 radical (unpaired) electrons. The number of nitrogens with zero attached hydrogens (tertiary/aromatic N) is 1. The summed E-state index contributed by atoms with van der Waals surface area (Å²) in [6.45, 7) is 6.83. The van der Waals surface area contributed by atoms with Crippen LogP contribution in [0.25, 0.3) is 0 Å². The van der Waals surface area contributed by atoms with Crippen molar-refractivity contribution < 1.29 is 0 Å². The summed E-state index contributed by atoms with van der Waals surface area (Å²) in [5, 5.41) is 3.46. The molecule has 126 valence electrons. The minimum absolute atomic E-state index is 0. The molecule has 2 aliphatic rings. The van der Waals surface area contributed by atoms with E-state index < -0.39 is 0 Å². The molecule has 22 heavy (non-hydrogen) atoms. The summed E-state index contributed by atoms with van der Waals surface area (Å²) in [5.74, 6) is 2.13. The van der Waals surface area contributed by atoms with Crippen molar-refractivity contribution in [2.45, 2.75) is 18.8 Å². The number of piperidine rings is 1. The molecule has 2 aliphatic heterocycles. The molecule has 0 spiro atoms. The molecule has 5 heteroatoms. The first-order valence-corrected chi connectivity index (χ1v) is 8.05. The highest BCUT2D eigenvalue weighted by molar-refractivity contribution is 5.85. The third kappa shape index (κ3) is 4.84. The van der Waals surface area contributed by atoms with E-state index in [0.717, 1.165) is 12.5 Å². The Morgan fingerprint density at radius 3 is 2.36 bits per heavy atom. The van der Waals surface area contributed by atoms with Crippen molar-refractivity contribution in [1.29, 1.82) is 0 Å². The Balaban J connectivity index is 0.00000121. The normalized spacial score (nSPS) is 26.2. The van der Waals surface area contributed by atoms with Crippen LogP contribution in [0, 0.1) is 11.8 Å². The van der Waals surface area contributed by atoms with Gasteiger partial charge in [0, 0.05) is 25.6 Å². The van der Waals surface area contributed by atoms with E-state index in [4.69, 9.17) is 5.73 Å². The minimum atomic E-state index is 0. The molecule has 1 aromatic carbocycles. The Labute approximate surface area is 146 Å². The van der Waals surface area contributed by atoms with Crippen LogP contribution in [0.3, 0.4) is 0 Å². The van der Waals surface area contributed by atoms with Crippen molar-refractivity contribution in [2.75, 3.05) is 39.3 Å². The highest BCUT2D eigenvalue weighted by Gasteiger charge is 2.33. The summed E-state index contributed by atoms with van der Waals surface area (Å²) in [4.78, 5) is 2.66. The number of nitrogens with two attached hydrogens (primary N) is 1. The standard InChI is InChI=1S/C17H27N3.2ClH/c18-10-16-12-20(11-14-6-8-19-9-7-14)13-17(16)15-4-2-1-3-5-15;;/h1-5,14,16-17,19H,6-13,18H2;2*1H/t16-,17+;;/m1../s1. The van der Waals surface area contributed by atoms with Crippen molar-refractivity contribution in [1.82, 2.24) is 10.2 Å². The van der Waals surface area contributed by atoms with Crippen LogP contribution in [0.15, 0.2) is 30.3 Å². The molecule has 0 saturated carbocycles. The van der Waals surface area contributed by atoms with Gasteiger partial charge in [0.05, 0.1) is 0 Å². The van der Waals surface area contributed by atoms with Gasteiger partial charge in [0.15, 0.2) is 0 Å². The third-order valence-corrected chi connectivity index (χ3v) is 5.02. The van der Waals surface area contributed by atoms with Gasteiger partial charge in [-0.25, -0.2) is 0 Å². The van der Waals surface area contributed by atoms with E-state index in [1.807, 2.05) is 0 Å². The van der Waals surface area contributed by atoms with E-state index in [1.165, 1.54) is 51.1 Å². The number of benzene rings is 1. The quantitative estimate of drug-likeness (QED) is 0.880. The van der Waals surface area contributed by atoms with Gasteiger partial charge in [0.25, 0.3) is 0 Å². The average Bonchev–Trinajstić information content (AvgIpc) is 2.92. The molecule has 0 aliphatic carbocycles. The van der Waals surface area contributed by atoms with Crippen molar-refractivity contribution in [2.24, 2.45) is 17.6 Å². The fourth-order valence-electron chi connectivity index (χ4n) is 3.86. The maximum absolute atomic E-state index is 6.02. The average molecular weight is 346 g/mol. The van der Waals surface area contributed by atoms with Crippen LogP contribution in [0.1, 0.15) is 24.3 Å². The highest BCUT2D eigenvalue weighted by Crippen LogP contribution is 2.32. The summed E-state index contributed by atoms with van der Waals surface area (Å²) in [7, 11) is 0. The van der Waals surface area contributed by atoms with Crippen LogP contribution in [-0.4, -0.2) is 44.2 Å². The van der Waals surface area contributed by atoms with Crippen LogP contribution in [0.2, 0.25) is 0 Å². The van der Waals surface area contributed by atoms with Gasteiger partial charge in [-0.3, -0.25) is 0 Å². The van der Waals surface area contributed by atoms with E-state index in [-0.39, 0.29) is 24.8 Å². The largest absolute Gasteiger partial charge is 0.330 e. The van der Waals surface area contributed by atoms with E-state index >= 15 is 0 Å². The predicted octanol–water partition coefficient (Wildman–Crippen LogP) is 2.50. The zero-order chi connectivity index (χ0) is 13.8. The van der Waals surface area contributed by atoms with Gasteiger partial charge >= 0.3 is 0 Å². The van der Waals surface area contributed by atoms with E-state index in [0.29, 0.717) is 11.8 Å². The van der Waals surface area contributed by atoms with Gasteiger partial charge in [-0.2, -0.15) is 0 Å². The molecule has 0 amide bonds. The second-order valence-corrected chi connectivity index (χ2v) is 6.42. The first-order chi connectivity index (χ1) is 9.86. The zero-order valence-electron chi connectivity index (χ0n) is 13.1. The maximum Gasteiger partial charge on any atom is 0.00541 e. The van der Waals surface area contributed by atoms with Crippen LogP contribution in [0.4, 0.5) is 0 Å². The Hall–Kier alpha value is -0.320. The fourth-order valence-corrected chi connectivity index (χ4v) is 3.86. The number of likely N-dealkylation sites (tertiary alicyclic amines) is 1. The summed E-state index contributed by atoms with van der Waals surface area (Å²) < 4.78 is 0. The van der Waals surface area contributed by atoms with Crippen LogP contribution >= 0.6 is 24.8 Å². The van der Waals surface area contributed by atoms with E-state index in [2.05, 4.69) is 40.5 Å². The monoisotopic (exact) mass is 345 g/mol. The molecule has 2 atom stereocenters. The first-order valence-electron chi connectivity index (χ1n) is 8.05. The van der Waals surface area contributed by atoms with E-state index in [1.54, 1.807) is 0 Å². The molecule has 3 N–H and O–H groups in total. The second kappa shape index (κ2) is 9.74. The molecule has 2 fully saturated rings. The molecule has 0 bridgehead atoms. The van der Waals surface area contributed by atoms with Gasteiger partial charge in [0.1, 0.15) is 0 Å². The Kier molecular flexibility index (Phi) is 8.73. The molecule has 2 saturated heterocycles. The number of hydrogen-bond donors (Lipinski definition) is 2. The second-order valence-electron chi connectivity index (χ2n) is 6.42. The van der Waals surface area contributed by atoms with Crippen molar-refractivity contribution in [3.05, 3.63) is 35.9 Å². The fraction of sp³-hybridized carbons (Fsp3) is 0.647. The lowest BCUT2D eigenvalue weighted by atomic mass is 9.89. The van der Waals surface area contributed by atoms with Crippen molar-refractivity contribution in [3.8, 4) is 0 Å². The summed E-state index contributed by atoms with van der Waals surface area (Å²) >= 11 is 0. The van der Waals surface area contributed by atoms with Crippen LogP contribution < -0.4 is 11.1 Å². The van der Waals surface area contributed by atoms with Crippen LogP contribution in [0.5, 0.6) is 0 Å². The number of rotatable bonds is 4. The lowest BCUT2D eigenvalue weighted by Crippen LogP contribution is -2.35. The molecular formula is C17H29Cl2N3. The Bertz CT molecular complexity index is 410. The van der Waals surface area contributed by atoms with Gasteiger partial charge < -0.3 is 16.0 Å². The van der Waals surface area contributed by atoms with Gasteiger partial charge in [0.2, 0.25) is 0 Å².